The second-order valence-corrected chi connectivity index (χ2v) is 10.3. The number of halogens is 2. The van der Waals surface area contributed by atoms with Crippen molar-refractivity contribution in [3.8, 4) is 17.6 Å². The van der Waals surface area contributed by atoms with E-state index in [2.05, 4.69) is 5.32 Å². The molecule has 0 saturated heterocycles. The van der Waals surface area contributed by atoms with Crippen LogP contribution in [0.5, 0.6) is 11.5 Å². The Kier molecular flexibility index (Phi) is 8.77. The minimum absolute atomic E-state index is 0.00224. The van der Waals surface area contributed by atoms with E-state index in [1.807, 2.05) is 47.7 Å². The average Bonchev–Trinajstić information content (AvgIpc) is 2.81. The van der Waals surface area contributed by atoms with E-state index in [0.29, 0.717) is 19.8 Å². The molecule has 0 aliphatic rings. The van der Waals surface area contributed by atoms with Gasteiger partial charge >= 0.3 is 10.1 Å². The fourth-order valence-electron chi connectivity index (χ4n) is 2.99. The smallest absolute Gasteiger partial charge is 0.339 e. The molecular weight excluding hydrogens is 603 g/mol. The zero-order valence-electron chi connectivity index (χ0n) is 18.7. The van der Waals surface area contributed by atoms with Crippen LogP contribution in [0.4, 0.5) is 5.69 Å². The number of anilines is 1. The lowest BCUT2D eigenvalue weighted by Gasteiger charge is -2.15. The molecule has 10 heteroatoms. The second-order valence-electron chi connectivity index (χ2n) is 7.19. The van der Waals surface area contributed by atoms with Crippen molar-refractivity contribution in [2.75, 3.05) is 11.9 Å². The molecule has 180 valence electrons. The first kappa shape index (κ1) is 26.5. The summed E-state index contributed by atoms with van der Waals surface area (Å²) in [5.74, 6) is -0.414. The van der Waals surface area contributed by atoms with Gasteiger partial charge in [-0.15, -0.1) is 0 Å². The highest BCUT2D eigenvalue weighted by molar-refractivity contribution is 14.1. The summed E-state index contributed by atoms with van der Waals surface area (Å²) in [5.41, 5.74) is 1.79. The molecule has 0 aliphatic heterocycles. The summed E-state index contributed by atoms with van der Waals surface area (Å²) < 4.78 is 37.0. The molecule has 0 aromatic heterocycles. The van der Waals surface area contributed by atoms with E-state index in [-0.39, 0.29) is 28.6 Å². The summed E-state index contributed by atoms with van der Waals surface area (Å²) in [6, 6.07) is 17.8. The van der Waals surface area contributed by atoms with Crippen molar-refractivity contribution in [3.05, 3.63) is 86.0 Å². The minimum atomic E-state index is -4.16. The van der Waals surface area contributed by atoms with Gasteiger partial charge in [0.05, 0.1) is 10.2 Å². The molecule has 0 atom stereocenters. The molecule has 3 aromatic carbocycles. The maximum atomic E-state index is 12.8. The molecule has 0 heterocycles. The number of carbonyl (C=O) groups is 1. The molecule has 0 spiro atoms. The third kappa shape index (κ3) is 6.75. The fraction of sp³-hybridized carbons (Fsp3) is 0.120. The highest BCUT2D eigenvalue weighted by Crippen LogP contribution is 2.37. The van der Waals surface area contributed by atoms with Gasteiger partial charge in [-0.05, 0) is 96.1 Å². The molecule has 0 fully saturated rings. The van der Waals surface area contributed by atoms with Gasteiger partial charge in [0.2, 0.25) is 0 Å². The summed E-state index contributed by atoms with van der Waals surface area (Å²) in [7, 11) is -4.16. The first-order valence-electron chi connectivity index (χ1n) is 10.3. The van der Waals surface area contributed by atoms with Crippen LogP contribution >= 0.6 is 34.2 Å². The maximum Gasteiger partial charge on any atom is 0.339 e. The maximum absolute atomic E-state index is 12.8. The van der Waals surface area contributed by atoms with Gasteiger partial charge in [-0.3, -0.25) is 4.79 Å². The molecule has 0 aliphatic carbocycles. The van der Waals surface area contributed by atoms with E-state index in [4.69, 9.17) is 20.5 Å². The van der Waals surface area contributed by atoms with Gasteiger partial charge in [-0.25, -0.2) is 0 Å². The number of ether oxygens (including phenoxy) is 1. The molecule has 0 radical (unpaired) electrons. The van der Waals surface area contributed by atoms with E-state index in [1.54, 1.807) is 25.1 Å². The molecular formula is C25H20ClIN2O5S. The second kappa shape index (κ2) is 11.6. The predicted molar refractivity (Wildman–Crippen MR) is 143 cm³/mol. The molecule has 0 bridgehead atoms. The predicted octanol–water partition coefficient (Wildman–Crippen LogP) is 5.97. The first-order valence-corrected chi connectivity index (χ1v) is 13.2. The Morgan fingerprint density at radius 1 is 1.17 bits per heavy atom. The molecule has 0 saturated carbocycles. The van der Waals surface area contributed by atoms with Gasteiger partial charge in [-0.2, -0.15) is 13.7 Å². The van der Waals surface area contributed by atoms with Gasteiger partial charge in [0.1, 0.15) is 16.5 Å². The zero-order chi connectivity index (χ0) is 25.6. The van der Waals surface area contributed by atoms with E-state index >= 15 is 0 Å². The highest BCUT2D eigenvalue weighted by atomic mass is 127. The van der Waals surface area contributed by atoms with E-state index in [9.17, 15) is 18.5 Å². The van der Waals surface area contributed by atoms with Gasteiger partial charge in [-0.1, -0.05) is 29.8 Å². The van der Waals surface area contributed by atoms with Crippen LogP contribution in [-0.2, 0) is 14.9 Å². The normalized spacial score (nSPS) is 11.5. The third-order valence-electron chi connectivity index (χ3n) is 4.70. The molecule has 7 nitrogen and oxygen atoms in total. The quantitative estimate of drug-likeness (QED) is 0.144. The number of nitrogens with zero attached hydrogens (tertiary/aromatic N) is 1. The van der Waals surface area contributed by atoms with Crippen LogP contribution in [0.1, 0.15) is 18.1 Å². The highest BCUT2D eigenvalue weighted by Gasteiger charge is 2.22. The third-order valence-corrected chi connectivity index (χ3v) is 6.99. The van der Waals surface area contributed by atoms with Crippen molar-refractivity contribution >= 4 is 62.0 Å². The lowest BCUT2D eigenvalue weighted by Crippen LogP contribution is -2.14. The zero-order valence-corrected chi connectivity index (χ0v) is 22.4. The van der Waals surface area contributed by atoms with E-state index < -0.39 is 16.0 Å². The van der Waals surface area contributed by atoms with Crippen molar-refractivity contribution in [1.29, 1.82) is 5.26 Å². The number of aryl methyl sites for hydroxylation is 1. The van der Waals surface area contributed by atoms with Crippen LogP contribution in [0, 0.1) is 21.8 Å². The van der Waals surface area contributed by atoms with Crippen LogP contribution in [-0.4, -0.2) is 20.9 Å². The van der Waals surface area contributed by atoms with Crippen LogP contribution < -0.4 is 14.2 Å². The molecule has 3 rings (SSSR count). The molecule has 35 heavy (non-hydrogen) atoms. The first-order chi connectivity index (χ1) is 16.6. The van der Waals surface area contributed by atoms with Crippen LogP contribution in [0.2, 0.25) is 5.02 Å². The van der Waals surface area contributed by atoms with Gasteiger partial charge in [0.25, 0.3) is 5.91 Å². The number of nitrogens with one attached hydrogen (secondary N) is 1. The SMILES string of the molecule is CCOc1cc(/C=C(\C#N)C(=O)Nc2ccccc2C)cc(I)c1OS(=O)(=O)c1ccc(Cl)cc1. The summed E-state index contributed by atoms with van der Waals surface area (Å²) in [4.78, 5) is 12.6. The van der Waals surface area contributed by atoms with Gasteiger partial charge in [0.15, 0.2) is 11.5 Å². The van der Waals surface area contributed by atoms with Crippen LogP contribution in [0.15, 0.2) is 71.1 Å². The number of carbonyl (C=O) groups excluding carboxylic acids is 1. The number of nitriles is 1. The molecule has 1 N–H and O–H groups in total. The largest absolute Gasteiger partial charge is 0.490 e. The van der Waals surface area contributed by atoms with Crippen LogP contribution in [0.25, 0.3) is 6.08 Å². The summed E-state index contributed by atoms with van der Waals surface area (Å²) >= 11 is 7.76. The molecule has 3 aromatic rings. The van der Waals surface area contributed by atoms with Crippen molar-refractivity contribution in [3.63, 3.8) is 0 Å². The standard InChI is InChI=1S/C25H20ClIN2O5S/c1-3-33-23-14-17(12-18(15-28)25(30)29-22-7-5-4-6-16(22)2)13-21(27)24(23)34-35(31,32)20-10-8-19(26)9-11-20/h4-14H,3H2,1-2H3,(H,29,30)/b18-12+. The summed E-state index contributed by atoms with van der Waals surface area (Å²) in [6.07, 6.45) is 1.40. The number of para-hydroxylation sites is 1. The number of hydrogen-bond donors (Lipinski definition) is 1. The fourth-order valence-corrected chi connectivity index (χ4v) is 4.96. The number of amides is 1. The lowest BCUT2D eigenvalue weighted by molar-refractivity contribution is -0.112. The topological polar surface area (TPSA) is 105 Å². The van der Waals surface area contributed by atoms with Crippen molar-refractivity contribution in [2.24, 2.45) is 0 Å². The van der Waals surface area contributed by atoms with E-state index in [1.165, 1.54) is 36.4 Å². The lowest BCUT2D eigenvalue weighted by atomic mass is 10.1. The number of benzene rings is 3. The Hall–Kier alpha value is -3.07. The Morgan fingerprint density at radius 2 is 1.86 bits per heavy atom. The van der Waals surface area contributed by atoms with Crippen LogP contribution in [0.3, 0.4) is 0 Å². The van der Waals surface area contributed by atoms with Gasteiger partial charge < -0.3 is 14.2 Å². The Morgan fingerprint density at radius 3 is 2.49 bits per heavy atom. The minimum Gasteiger partial charge on any atom is -0.490 e. The van der Waals surface area contributed by atoms with E-state index in [0.717, 1.165) is 5.56 Å². The Balaban J connectivity index is 1.95. The average molecular weight is 623 g/mol. The number of hydrogen-bond acceptors (Lipinski definition) is 6. The summed E-state index contributed by atoms with van der Waals surface area (Å²) in [6.45, 7) is 3.82. The Bertz CT molecular complexity index is 1430. The monoisotopic (exact) mass is 622 g/mol. The van der Waals surface area contributed by atoms with Crippen molar-refractivity contribution in [2.45, 2.75) is 18.7 Å². The number of rotatable bonds is 8. The van der Waals surface area contributed by atoms with Crippen molar-refractivity contribution in [1.82, 2.24) is 0 Å². The molecule has 1 amide bonds. The Labute approximate surface area is 222 Å². The summed E-state index contributed by atoms with van der Waals surface area (Å²) in [5, 5.41) is 12.7. The van der Waals surface area contributed by atoms with Crippen molar-refractivity contribution < 1.29 is 22.1 Å². The molecule has 0 unspecified atom stereocenters. The van der Waals surface area contributed by atoms with Gasteiger partial charge in [0, 0.05) is 10.7 Å².